The zero-order valence-electron chi connectivity index (χ0n) is 13.1. The van der Waals surface area contributed by atoms with Gasteiger partial charge in [-0.05, 0) is 29.3 Å². The van der Waals surface area contributed by atoms with E-state index in [-0.39, 0.29) is 21.5 Å². The number of sulfonamides is 1. The van der Waals surface area contributed by atoms with Crippen LogP contribution >= 0.6 is 23.2 Å². The summed E-state index contributed by atoms with van der Waals surface area (Å²) in [6, 6.07) is 14.0. The Morgan fingerprint density at radius 3 is 2.28 bits per heavy atom. The topological polar surface area (TPSA) is 64.0 Å². The van der Waals surface area contributed by atoms with Gasteiger partial charge in [-0.3, -0.25) is 4.68 Å². The first kappa shape index (κ1) is 17.9. The Hall–Kier alpha value is -1.86. The van der Waals surface area contributed by atoms with Crippen LogP contribution in [0.2, 0.25) is 10.0 Å². The average Bonchev–Trinajstić information content (AvgIpc) is 3.07. The van der Waals surface area contributed by atoms with Crippen LogP contribution in [0.4, 0.5) is 0 Å². The maximum atomic E-state index is 12.6. The van der Waals surface area contributed by atoms with Crippen molar-refractivity contribution in [1.29, 1.82) is 0 Å². The SMILES string of the molecule is O=S(=O)(NCc1ccccc1Cn1cccn1)c1c(Cl)cccc1Cl. The molecule has 1 heterocycles. The van der Waals surface area contributed by atoms with E-state index in [9.17, 15) is 8.42 Å². The molecule has 0 amide bonds. The summed E-state index contributed by atoms with van der Waals surface area (Å²) < 4.78 is 29.5. The molecule has 0 saturated carbocycles. The van der Waals surface area contributed by atoms with E-state index in [1.807, 2.05) is 36.5 Å². The summed E-state index contributed by atoms with van der Waals surface area (Å²) in [4.78, 5) is -0.108. The van der Waals surface area contributed by atoms with Crippen molar-refractivity contribution in [3.63, 3.8) is 0 Å². The molecule has 0 bridgehead atoms. The highest BCUT2D eigenvalue weighted by atomic mass is 35.5. The van der Waals surface area contributed by atoms with Crippen molar-refractivity contribution in [1.82, 2.24) is 14.5 Å². The highest BCUT2D eigenvalue weighted by Crippen LogP contribution is 2.29. The maximum Gasteiger partial charge on any atom is 0.243 e. The van der Waals surface area contributed by atoms with Crippen LogP contribution in [0.3, 0.4) is 0 Å². The summed E-state index contributed by atoms with van der Waals surface area (Å²) in [7, 11) is -3.83. The van der Waals surface area contributed by atoms with Gasteiger partial charge in [0, 0.05) is 18.9 Å². The van der Waals surface area contributed by atoms with Crippen molar-refractivity contribution < 1.29 is 8.42 Å². The number of hydrogen-bond acceptors (Lipinski definition) is 3. The first-order valence-electron chi connectivity index (χ1n) is 7.45. The number of aromatic nitrogens is 2. The van der Waals surface area contributed by atoms with Crippen LogP contribution in [-0.2, 0) is 23.1 Å². The number of halogens is 2. The number of rotatable bonds is 6. The summed E-state index contributed by atoms with van der Waals surface area (Å²) in [6.07, 6.45) is 3.55. The minimum absolute atomic E-state index is 0.0878. The molecule has 1 aromatic heterocycles. The molecule has 0 aliphatic heterocycles. The molecule has 0 saturated heterocycles. The van der Waals surface area contributed by atoms with E-state index >= 15 is 0 Å². The van der Waals surface area contributed by atoms with E-state index in [1.54, 1.807) is 16.9 Å². The molecule has 5 nitrogen and oxygen atoms in total. The Morgan fingerprint density at radius 1 is 0.960 bits per heavy atom. The number of hydrogen-bond donors (Lipinski definition) is 1. The van der Waals surface area contributed by atoms with Crippen molar-refractivity contribution in [2.24, 2.45) is 0 Å². The first-order chi connectivity index (χ1) is 12.0. The third-order valence-electron chi connectivity index (χ3n) is 3.65. The second-order valence-electron chi connectivity index (χ2n) is 5.35. The van der Waals surface area contributed by atoms with Crippen LogP contribution in [-0.4, -0.2) is 18.2 Å². The van der Waals surface area contributed by atoms with Crippen LogP contribution in [0, 0.1) is 0 Å². The summed E-state index contributed by atoms with van der Waals surface area (Å²) in [6.45, 7) is 0.680. The molecule has 0 atom stereocenters. The van der Waals surface area contributed by atoms with Gasteiger partial charge in [0.05, 0.1) is 16.6 Å². The smallest absolute Gasteiger partial charge is 0.243 e. The van der Waals surface area contributed by atoms with E-state index in [2.05, 4.69) is 9.82 Å². The maximum absolute atomic E-state index is 12.6. The molecule has 0 aliphatic rings. The second kappa shape index (κ2) is 7.58. The van der Waals surface area contributed by atoms with Gasteiger partial charge >= 0.3 is 0 Å². The highest BCUT2D eigenvalue weighted by molar-refractivity contribution is 7.89. The highest BCUT2D eigenvalue weighted by Gasteiger charge is 2.21. The predicted molar refractivity (Wildman–Crippen MR) is 98.3 cm³/mol. The van der Waals surface area contributed by atoms with Crippen molar-refractivity contribution in [3.05, 3.63) is 82.1 Å². The third-order valence-corrected chi connectivity index (χ3v) is 6.01. The van der Waals surface area contributed by atoms with Crippen LogP contribution in [0.15, 0.2) is 65.8 Å². The Labute approximate surface area is 156 Å². The van der Waals surface area contributed by atoms with Gasteiger partial charge < -0.3 is 0 Å². The fourth-order valence-corrected chi connectivity index (χ4v) is 4.58. The lowest BCUT2D eigenvalue weighted by molar-refractivity contribution is 0.580. The van der Waals surface area contributed by atoms with Gasteiger partial charge in [0.2, 0.25) is 10.0 Å². The fraction of sp³-hybridized carbons (Fsp3) is 0.118. The quantitative estimate of drug-likeness (QED) is 0.691. The van der Waals surface area contributed by atoms with Crippen LogP contribution < -0.4 is 4.72 Å². The molecule has 0 fully saturated rings. The van der Waals surface area contributed by atoms with Gasteiger partial charge in [-0.2, -0.15) is 5.10 Å². The molecule has 25 heavy (non-hydrogen) atoms. The summed E-state index contributed by atoms with van der Waals surface area (Å²) in [5, 5.41) is 4.35. The molecule has 8 heteroatoms. The second-order valence-corrected chi connectivity index (χ2v) is 7.87. The van der Waals surface area contributed by atoms with Gasteiger partial charge in [0.25, 0.3) is 0 Å². The Balaban J connectivity index is 1.82. The van der Waals surface area contributed by atoms with E-state index < -0.39 is 10.0 Å². The Bertz CT molecular complexity index is 953. The zero-order chi connectivity index (χ0) is 17.9. The lowest BCUT2D eigenvalue weighted by Gasteiger charge is -2.13. The van der Waals surface area contributed by atoms with Gasteiger partial charge in [-0.1, -0.05) is 53.5 Å². The predicted octanol–water partition coefficient (Wildman–Crippen LogP) is 3.72. The number of benzene rings is 2. The van der Waals surface area contributed by atoms with Crippen LogP contribution in [0.1, 0.15) is 11.1 Å². The molecule has 3 aromatic rings. The lowest BCUT2D eigenvalue weighted by atomic mass is 10.1. The zero-order valence-corrected chi connectivity index (χ0v) is 15.4. The van der Waals surface area contributed by atoms with Crippen molar-refractivity contribution in [3.8, 4) is 0 Å². The van der Waals surface area contributed by atoms with Crippen LogP contribution in [0.5, 0.6) is 0 Å². The summed E-state index contributed by atoms with van der Waals surface area (Å²) in [5.41, 5.74) is 1.82. The molecule has 0 spiro atoms. The molecular weight excluding hydrogens is 381 g/mol. The van der Waals surface area contributed by atoms with Crippen molar-refractivity contribution >= 4 is 33.2 Å². The van der Waals surface area contributed by atoms with E-state index in [4.69, 9.17) is 23.2 Å². The molecule has 3 rings (SSSR count). The largest absolute Gasteiger partial charge is 0.268 e. The minimum atomic E-state index is -3.83. The lowest BCUT2D eigenvalue weighted by Crippen LogP contribution is -2.24. The van der Waals surface area contributed by atoms with E-state index in [0.29, 0.717) is 6.54 Å². The molecule has 0 aliphatic carbocycles. The number of nitrogens with zero attached hydrogens (tertiary/aromatic N) is 2. The average molecular weight is 396 g/mol. The standard InChI is InChI=1S/C17H15Cl2N3O2S/c18-15-7-3-8-16(19)17(15)25(23,24)21-11-13-5-1-2-6-14(13)12-22-10-4-9-20-22/h1-10,21H,11-12H2. The summed E-state index contributed by atoms with van der Waals surface area (Å²) >= 11 is 12.0. The molecular formula is C17H15Cl2N3O2S. The van der Waals surface area contributed by atoms with E-state index in [0.717, 1.165) is 11.1 Å². The monoisotopic (exact) mass is 395 g/mol. The normalized spacial score (nSPS) is 11.6. The Kier molecular flexibility index (Phi) is 5.44. The summed E-state index contributed by atoms with van der Waals surface area (Å²) in [5.74, 6) is 0. The Morgan fingerprint density at radius 2 is 1.64 bits per heavy atom. The van der Waals surface area contributed by atoms with Crippen LogP contribution in [0.25, 0.3) is 0 Å². The third kappa shape index (κ3) is 4.22. The molecule has 2 aromatic carbocycles. The van der Waals surface area contributed by atoms with Gasteiger partial charge in [-0.15, -0.1) is 0 Å². The fourth-order valence-electron chi connectivity index (χ4n) is 2.44. The van der Waals surface area contributed by atoms with Crippen molar-refractivity contribution in [2.75, 3.05) is 0 Å². The van der Waals surface area contributed by atoms with Gasteiger partial charge in [0.15, 0.2) is 0 Å². The minimum Gasteiger partial charge on any atom is -0.268 e. The molecule has 130 valence electrons. The van der Waals surface area contributed by atoms with Crippen molar-refractivity contribution in [2.45, 2.75) is 18.0 Å². The van der Waals surface area contributed by atoms with Gasteiger partial charge in [0.1, 0.15) is 4.90 Å². The first-order valence-corrected chi connectivity index (χ1v) is 9.69. The molecule has 0 radical (unpaired) electrons. The van der Waals surface area contributed by atoms with E-state index in [1.165, 1.54) is 12.1 Å². The molecule has 1 N–H and O–H groups in total. The van der Waals surface area contributed by atoms with Gasteiger partial charge in [-0.25, -0.2) is 13.1 Å². The molecule has 0 unspecified atom stereocenters. The number of nitrogens with one attached hydrogen (secondary N) is 1.